The lowest BCUT2D eigenvalue weighted by atomic mass is 9.87. The molecule has 6 rings (SSSR count). The average molecular weight is 477 g/mol. The Bertz CT molecular complexity index is 1330. The SMILES string of the molecule is Cc1nc(C(=O)N2CCC[C@H]3C(C)N(c4nc5ccccc5o4)C[C@H]32)c(-c2ccc(F)cc2)s1. The third kappa shape index (κ3) is 3.48. The molecule has 174 valence electrons. The Hall–Kier alpha value is -3.26. The number of hydrogen-bond acceptors (Lipinski definition) is 6. The fourth-order valence-electron chi connectivity index (χ4n) is 5.47. The van der Waals surface area contributed by atoms with E-state index in [-0.39, 0.29) is 23.8 Å². The molecule has 1 unspecified atom stereocenters. The smallest absolute Gasteiger partial charge is 0.298 e. The van der Waals surface area contributed by atoms with Crippen molar-refractivity contribution in [1.29, 1.82) is 0 Å². The maximum Gasteiger partial charge on any atom is 0.298 e. The van der Waals surface area contributed by atoms with E-state index in [2.05, 4.69) is 16.8 Å². The summed E-state index contributed by atoms with van der Waals surface area (Å²) in [7, 11) is 0. The molecular weight excluding hydrogens is 451 g/mol. The van der Waals surface area contributed by atoms with Crippen molar-refractivity contribution in [1.82, 2.24) is 14.9 Å². The zero-order valence-electron chi connectivity index (χ0n) is 19.1. The largest absolute Gasteiger partial charge is 0.423 e. The standard InChI is InChI=1S/C26H25FN4O2S/c1-15-19-6-5-13-30(21(19)14-31(15)26-29-20-7-3-4-8-22(20)33-26)25(32)23-24(34-16(2)28-23)17-9-11-18(27)12-10-17/h3-4,7-12,15,19,21H,5-6,13-14H2,1-2H3/t15?,19-,21+/m0/s1. The molecule has 2 aliphatic rings. The monoisotopic (exact) mass is 476 g/mol. The van der Waals surface area contributed by atoms with E-state index >= 15 is 0 Å². The van der Waals surface area contributed by atoms with Gasteiger partial charge in [0, 0.05) is 25.0 Å². The molecule has 6 nitrogen and oxygen atoms in total. The quantitative estimate of drug-likeness (QED) is 0.389. The number of carbonyl (C=O) groups excluding carboxylic acids is 1. The number of hydrogen-bond donors (Lipinski definition) is 0. The van der Waals surface area contributed by atoms with Crippen LogP contribution in [0, 0.1) is 18.7 Å². The number of thiazole rings is 1. The van der Waals surface area contributed by atoms with Crippen LogP contribution in [0.3, 0.4) is 0 Å². The summed E-state index contributed by atoms with van der Waals surface area (Å²) in [5, 5.41) is 0.823. The first-order valence-electron chi connectivity index (χ1n) is 11.7. The van der Waals surface area contributed by atoms with Crippen LogP contribution in [0.15, 0.2) is 52.9 Å². The minimum Gasteiger partial charge on any atom is -0.423 e. The molecule has 3 atom stereocenters. The van der Waals surface area contributed by atoms with E-state index in [1.165, 1.54) is 23.5 Å². The summed E-state index contributed by atoms with van der Waals surface area (Å²) in [6.07, 6.45) is 2.01. The van der Waals surface area contributed by atoms with Crippen LogP contribution in [0.1, 0.15) is 35.3 Å². The molecule has 1 amide bonds. The maximum atomic E-state index is 13.8. The van der Waals surface area contributed by atoms with Gasteiger partial charge in [0.25, 0.3) is 11.9 Å². The Morgan fingerprint density at radius 2 is 1.94 bits per heavy atom. The Morgan fingerprint density at radius 3 is 2.74 bits per heavy atom. The van der Waals surface area contributed by atoms with E-state index in [0.29, 0.717) is 30.7 Å². The molecule has 0 N–H and O–H groups in total. The topological polar surface area (TPSA) is 62.5 Å². The Balaban J connectivity index is 1.31. The lowest BCUT2D eigenvalue weighted by Gasteiger charge is -2.37. The van der Waals surface area contributed by atoms with Crippen LogP contribution in [0.25, 0.3) is 21.5 Å². The lowest BCUT2D eigenvalue weighted by Crippen LogP contribution is -2.49. The van der Waals surface area contributed by atoms with Crippen molar-refractivity contribution in [3.8, 4) is 10.4 Å². The van der Waals surface area contributed by atoms with E-state index in [1.54, 1.807) is 12.1 Å². The molecular formula is C26H25FN4O2S. The number of amides is 1. The first-order valence-corrected chi connectivity index (χ1v) is 12.5. The number of piperidine rings is 1. The van der Waals surface area contributed by atoms with Gasteiger partial charge in [-0.1, -0.05) is 24.3 Å². The number of benzene rings is 2. The van der Waals surface area contributed by atoms with Crippen molar-refractivity contribution in [3.63, 3.8) is 0 Å². The highest BCUT2D eigenvalue weighted by molar-refractivity contribution is 7.15. The number of halogens is 1. The molecule has 2 aliphatic heterocycles. The maximum absolute atomic E-state index is 13.8. The van der Waals surface area contributed by atoms with Gasteiger partial charge in [-0.25, -0.2) is 9.37 Å². The second-order valence-corrected chi connectivity index (χ2v) is 10.3. The van der Waals surface area contributed by atoms with Crippen LogP contribution in [0.4, 0.5) is 10.4 Å². The normalized spacial score (nSPS) is 22.4. The highest BCUT2D eigenvalue weighted by Crippen LogP contribution is 2.40. The Kier molecular flexibility index (Phi) is 5.13. The van der Waals surface area contributed by atoms with Crippen molar-refractivity contribution < 1.29 is 13.6 Å². The zero-order valence-corrected chi connectivity index (χ0v) is 19.9. The number of oxazole rings is 1. The summed E-state index contributed by atoms with van der Waals surface area (Å²) in [4.78, 5) is 28.2. The van der Waals surface area contributed by atoms with Crippen LogP contribution in [0.5, 0.6) is 0 Å². The number of rotatable bonds is 3. The van der Waals surface area contributed by atoms with Gasteiger partial charge in [-0.3, -0.25) is 4.79 Å². The van der Waals surface area contributed by atoms with Gasteiger partial charge < -0.3 is 14.2 Å². The number of para-hydroxylation sites is 2. The molecule has 0 saturated carbocycles. The van der Waals surface area contributed by atoms with Crippen LogP contribution in [0.2, 0.25) is 0 Å². The van der Waals surface area contributed by atoms with Gasteiger partial charge in [0.05, 0.1) is 15.9 Å². The number of fused-ring (bicyclic) bond motifs is 2. The summed E-state index contributed by atoms with van der Waals surface area (Å²) in [5.41, 5.74) is 2.89. The predicted octanol–water partition coefficient (Wildman–Crippen LogP) is 5.53. The third-order valence-corrected chi connectivity index (χ3v) is 8.18. The number of anilines is 1. The van der Waals surface area contributed by atoms with E-state index in [4.69, 9.17) is 9.40 Å². The summed E-state index contributed by atoms with van der Waals surface area (Å²) >= 11 is 1.47. The van der Waals surface area contributed by atoms with Crippen molar-refractivity contribution in [2.24, 2.45) is 5.92 Å². The Labute approximate surface area is 201 Å². The molecule has 4 aromatic rings. The van der Waals surface area contributed by atoms with Crippen LogP contribution in [-0.4, -0.2) is 45.9 Å². The van der Waals surface area contributed by atoms with Crippen molar-refractivity contribution in [2.45, 2.75) is 38.8 Å². The summed E-state index contributed by atoms with van der Waals surface area (Å²) in [6.45, 7) is 5.48. The minimum absolute atomic E-state index is 0.0509. The first kappa shape index (κ1) is 21.3. The molecule has 2 aromatic carbocycles. The minimum atomic E-state index is -0.295. The van der Waals surface area contributed by atoms with Crippen molar-refractivity contribution in [3.05, 3.63) is 65.0 Å². The van der Waals surface area contributed by atoms with Crippen molar-refractivity contribution in [2.75, 3.05) is 18.0 Å². The highest BCUT2D eigenvalue weighted by atomic mass is 32.1. The predicted molar refractivity (Wildman–Crippen MR) is 131 cm³/mol. The van der Waals surface area contributed by atoms with E-state index < -0.39 is 0 Å². The second kappa shape index (κ2) is 8.20. The molecule has 0 spiro atoms. The summed E-state index contributed by atoms with van der Waals surface area (Å²) < 4.78 is 19.5. The molecule has 8 heteroatoms. The molecule has 2 saturated heterocycles. The molecule has 2 fully saturated rings. The van der Waals surface area contributed by atoms with E-state index in [0.717, 1.165) is 39.4 Å². The van der Waals surface area contributed by atoms with Gasteiger partial charge in [-0.05, 0) is 56.5 Å². The number of carbonyl (C=O) groups is 1. The van der Waals surface area contributed by atoms with Gasteiger partial charge >= 0.3 is 0 Å². The van der Waals surface area contributed by atoms with Crippen LogP contribution in [-0.2, 0) is 0 Å². The average Bonchev–Trinajstić information content (AvgIpc) is 3.54. The first-order chi connectivity index (χ1) is 16.5. The number of likely N-dealkylation sites (tertiary alicyclic amines) is 1. The molecule has 2 aromatic heterocycles. The van der Waals surface area contributed by atoms with E-state index in [9.17, 15) is 9.18 Å². The van der Waals surface area contributed by atoms with E-state index in [1.807, 2.05) is 36.1 Å². The number of nitrogens with zero attached hydrogens (tertiary/aromatic N) is 4. The fraction of sp³-hybridized carbons (Fsp3) is 0.346. The third-order valence-electron chi connectivity index (χ3n) is 7.16. The summed E-state index contributed by atoms with van der Waals surface area (Å²) in [5.74, 6) is -0.0114. The molecule has 34 heavy (non-hydrogen) atoms. The lowest BCUT2D eigenvalue weighted by molar-refractivity contribution is 0.0555. The fourth-order valence-corrected chi connectivity index (χ4v) is 6.39. The van der Waals surface area contributed by atoms with Crippen LogP contribution < -0.4 is 4.90 Å². The van der Waals surface area contributed by atoms with Gasteiger partial charge in [-0.2, -0.15) is 4.98 Å². The zero-order chi connectivity index (χ0) is 23.4. The van der Waals surface area contributed by atoms with Gasteiger partial charge in [0.15, 0.2) is 5.58 Å². The Morgan fingerprint density at radius 1 is 1.15 bits per heavy atom. The molecule has 0 radical (unpaired) electrons. The van der Waals surface area contributed by atoms with Crippen LogP contribution >= 0.6 is 11.3 Å². The van der Waals surface area contributed by atoms with Gasteiger partial charge in [-0.15, -0.1) is 11.3 Å². The van der Waals surface area contributed by atoms with Crippen molar-refractivity contribution >= 4 is 34.4 Å². The van der Waals surface area contributed by atoms with Gasteiger partial charge in [0.2, 0.25) is 0 Å². The molecule has 0 aliphatic carbocycles. The second-order valence-electron chi connectivity index (χ2n) is 9.15. The molecule has 4 heterocycles. The highest BCUT2D eigenvalue weighted by Gasteiger charge is 2.47. The van der Waals surface area contributed by atoms with Gasteiger partial charge in [0.1, 0.15) is 17.0 Å². The summed E-state index contributed by atoms with van der Waals surface area (Å²) in [6, 6.07) is 14.9. The number of aromatic nitrogens is 2. The molecule has 0 bridgehead atoms. The number of aryl methyl sites for hydroxylation is 1.